The lowest BCUT2D eigenvalue weighted by Gasteiger charge is -2.14. The topological polar surface area (TPSA) is 18.5 Å². The normalized spacial score (nSPS) is 12.1. The van der Waals surface area contributed by atoms with Crippen LogP contribution in [-0.2, 0) is 0 Å². The third-order valence-electron chi connectivity index (χ3n) is 3.06. The van der Waals surface area contributed by atoms with Crippen LogP contribution in [-0.4, -0.2) is 14.2 Å². The second-order valence-corrected chi connectivity index (χ2v) is 4.98. The molecule has 2 aromatic carbocycles. The minimum atomic E-state index is -0.441. The molecule has 1 unspecified atom stereocenters. The van der Waals surface area contributed by atoms with Crippen LogP contribution in [0.5, 0.6) is 11.5 Å². The van der Waals surface area contributed by atoms with Crippen LogP contribution in [0.25, 0.3) is 0 Å². The summed E-state index contributed by atoms with van der Waals surface area (Å²) in [5.41, 5.74) is 2.39. The van der Waals surface area contributed by atoms with Gasteiger partial charge in [0.15, 0.2) is 11.5 Å². The Kier molecular flexibility index (Phi) is 4.50. The van der Waals surface area contributed by atoms with Crippen molar-refractivity contribution in [1.82, 2.24) is 0 Å². The molecule has 0 spiro atoms. The lowest BCUT2D eigenvalue weighted by Crippen LogP contribution is -1.97. The van der Waals surface area contributed by atoms with Crippen LogP contribution < -0.4 is 9.47 Å². The van der Waals surface area contributed by atoms with E-state index in [2.05, 4.69) is 0 Å². The number of halogens is 2. The molecule has 0 aliphatic heterocycles. The average molecular weight is 295 g/mol. The van der Waals surface area contributed by atoms with E-state index in [4.69, 9.17) is 21.1 Å². The lowest BCUT2D eigenvalue weighted by molar-refractivity contribution is 0.354. The molecule has 0 aliphatic carbocycles. The molecule has 0 heterocycles. The largest absolute Gasteiger partial charge is 0.493 e. The van der Waals surface area contributed by atoms with Gasteiger partial charge in [0.1, 0.15) is 5.82 Å². The van der Waals surface area contributed by atoms with E-state index in [1.54, 1.807) is 26.4 Å². The Morgan fingerprint density at radius 2 is 1.65 bits per heavy atom. The quantitative estimate of drug-likeness (QED) is 0.774. The zero-order valence-corrected chi connectivity index (χ0v) is 12.4. The first kappa shape index (κ1) is 14.7. The van der Waals surface area contributed by atoms with E-state index < -0.39 is 5.38 Å². The minimum Gasteiger partial charge on any atom is -0.493 e. The number of hydrogen-bond donors (Lipinski definition) is 0. The maximum atomic E-state index is 13.5. The van der Waals surface area contributed by atoms with Gasteiger partial charge in [-0.15, -0.1) is 11.6 Å². The third kappa shape index (κ3) is 3.05. The van der Waals surface area contributed by atoms with E-state index in [0.717, 1.165) is 16.7 Å². The molecule has 0 saturated heterocycles. The molecular formula is C16H16ClFO2. The predicted molar refractivity (Wildman–Crippen MR) is 78.4 cm³/mol. The molecule has 4 heteroatoms. The fraction of sp³-hybridized carbons (Fsp3) is 0.250. The van der Waals surface area contributed by atoms with Gasteiger partial charge in [-0.05, 0) is 47.9 Å². The van der Waals surface area contributed by atoms with E-state index in [9.17, 15) is 4.39 Å². The van der Waals surface area contributed by atoms with Gasteiger partial charge < -0.3 is 9.47 Å². The van der Waals surface area contributed by atoms with Crippen LogP contribution in [0.3, 0.4) is 0 Å². The number of alkyl halides is 1. The SMILES string of the molecule is COc1ccc(C(Cl)c2cc(C)cc(F)c2)cc1OC. The highest BCUT2D eigenvalue weighted by molar-refractivity contribution is 6.22. The molecule has 0 aliphatic rings. The second-order valence-electron chi connectivity index (χ2n) is 4.54. The molecule has 2 nitrogen and oxygen atoms in total. The molecule has 0 radical (unpaired) electrons. The van der Waals surface area contributed by atoms with Gasteiger partial charge in [-0.2, -0.15) is 0 Å². The van der Waals surface area contributed by atoms with Crippen molar-refractivity contribution < 1.29 is 13.9 Å². The molecule has 0 fully saturated rings. The lowest BCUT2D eigenvalue weighted by atomic mass is 10.0. The Morgan fingerprint density at radius 3 is 2.25 bits per heavy atom. The third-order valence-corrected chi connectivity index (χ3v) is 3.56. The van der Waals surface area contributed by atoms with Crippen molar-refractivity contribution in [2.24, 2.45) is 0 Å². The zero-order chi connectivity index (χ0) is 14.7. The van der Waals surface area contributed by atoms with Crippen molar-refractivity contribution in [3.63, 3.8) is 0 Å². The Morgan fingerprint density at radius 1 is 0.950 bits per heavy atom. The van der Waals surface area contributed by atoms with E-state index in [1.807, 2.05) is 19.1 Å². The van der Waals surface area contributed by atoms with E-state index in [-0.39, 0.29) is 5.82 Å². The highest BCUT2D eigenvalue weighted by Gasteiger charge is 2.15. The molecule has 2 aromatic rings. The molecular weight excluding hydrogens is 279 g/mol. The van der Waals surface area contributed by atoms with Gasteiger partial charge >= 0.3 is 0 Å². The number of aryl methyl sites for hydroxylation is 1. The summed E-state index contributed by atoms with van der Waals surface area (Å²) < 4.78 is 23.9. The molecule has 106 valence electrons. The van der Waals surface area contributed by atoms with Crippen molar-refractivity contribution in [1.29, 1.82) is 0 Å². The summed E-state index contributed by atoms with van der Waals surface area (Å²) in [6.45, 7) is 1.84. The van der Waals surface area contributed by atoms with Gasteiger partial charge in [0.2, 0.25) is 0 Å². The molecule has 0 amide bonds. The summed E-state index contributed by atoms with van der Waals surface area (Å²) in [6, 6.07) is 10.2. The van der Waals surface area contributed by atoms with Crippen molar-refractivity contribution >= 4 is 11.6 Å². The fourth-order valence-corrected chi connectivity index (χ4v) is 2.38. The minimum absolute atomic E-state index is 0.286. The van der Waals surface area contributed by atoms with Crippen LogP contribution >= 0.6 is 11.6 Å². The Labute approximate surface area is 123 Å². The van der Waals surface area contributed by atoms with Crippen LogP contribution in [0.15, 0.2) is 36.4 Å². The smallest absolute Gasteiger partial charge is 0.161 e. The van der Waals surface area contributed by atoms with E-state index in [0.29, 0.717) is 11.5 Å². The molecule has 20 heavy (non-hydrogen) atoms. The van der Waals surface area contributed by atoms with Gasteiger partial charge in [0.25, 0.3) is 0 Å². The molecule has 2 rings (SSSR count). The molecule has 0 N–H and O–H groups in total. The number of ether oxygens (including phenoxy) is 2. The first-order valence-electron chi connectivity index (χ1n) is 6.18. The maximum absolute atomic E-state index is 13.5. The molecule has 1 atom stereocenters. The summed E-state index contributed by atoms with van der Waals surface area (Å²) in [5.74, 6) is 0.949. The number of benzene rings is 2. The average Bonchev–Trinajstić information content (AvgIpc) is 2.44. The molecule has 0 bridgehead atoms. The first-order valence-corrected chi connectivity index (χ1v) is 6.62. The van der Waals surface area contributed by atoms with Gasteiger partial charge in [0.05, 0.1) is 19.6 Å². The van der Waals surface area contributed by atoms with Crippen LogP contribution in [0.4, 0.5) is 4.39 Å². The van der Waals surface area contributed by atoms with Gasteiger partial charge in [0, 0.05) is 0 Å². The van der Waals surface area contributed by atoms with Crippen molar-refractivity contribution in [2.45, 2.75) is 12.3 Å². The Hall–Kier alpha value is -1.74. The fourth-order valence-electron chi connectivity index (χ4n) is 2.11. The van der Waals surface area contributed by atoms with Crippen LogP contribution in [0, 0.1) is 12.7 Å². The molecule has 0 saturated carbocycles. The van der Waals surface area contributed by atoms with Gasteiger partial charge in [-0.25, -0.2) is 4.39 Å². The van der Waals surface area contributed by atoms with Crippen molar-refractivity contribution in [3.8, 4) is 11.5 Å². The predicted octanol–water partition coefficient (Wildman–Crippen LogP) is 4.48. The molecule has 0 aromatic heterocycles. The Balaban J connectivity index is 2.39. The monoisotopic (exact) mass is 294 g/mol. The van der Waals surface area contributed by atoms with Gasteiger partial charge in [-0.1, -0.05) is 12.1 Å². The van der Waals surface area contributed by atoms with Crippen molar-refractivity contribution in [3.05, 3.63) is 58.9 Å². The Bertz CT molecular complexity index is 593. The maximum Gasteiger partial charge on any atom is 0.161 e. The summed E-state index contributed by atoms with van der Waals surface area (Å²) >= 11 is 6.44. The summed E-state index contributed by atoms with van der Waals surface area (Å²) in [6.07, 6.45) is 0. The number of rotatable bonds is 4. The van der Waals surface area contributed by atoms with Gasteiger partial charge in [-0.3, -0.25) is 0 Å². The number of methoxy groups -OCH3 is 2. The van der Waals surface area contributed by atoms with Crippen LogP contribution in [0.1, 0.15) is 22.1 Å². The zero-order valence-electron chi connectivity index (χ0n) is 11.6. The van der Waals surface area contributed by atoms with Crippen LogP contribution in [0.2, 0.25) is 0 Å². The van der Waals surface area contributed by atoms with E-state index >= 15 is 0 Å². The highest BCUT2D eigenvalue weighted by atomic mass is 35.5. The van der Waals surface area contributed by atoms with Crippen molar-refractivity contribution in [2.75, 3.05) is 14.2 Å². The number of hydrogen-bond acceptors (Lipinski definition) is 2. The van der Waals surface area contributed by atoms with E-state index in [1.165, 1.54) is 12.1 Å². The standard InChI is InChI=1S/C16H16ClFO2/c1-10-6-12(8-13(18)7-10)16(17)11-4-5-14(19-2)15(9-11)20-3/h4-9,16H,1-3H3. The highest BCUT2D eigenvalue weighted by Crippen LogP contribution is 2.35. The first-order chi connectivity index (χ1) is 9.55. The summed E-state index contributed by atoms with van der Waals surface area (Å²) in [4.78, 5) is 0. The summed E-state index contributed by atoms with van der Waals surface area (Å²) in [5, 5.41) is -0.441. The second kappa shape index (κ2) is 6.14. The summed E-state index contributed by atoms with van der Waals surface area (Å²) in [7, 11) is 3.14.